The molecule has 3 fully saturated rings. The van der Waals surface area contributed by atoms with E-state index < -0.39 is 0 Å². The van der Waals surface area contributed by atoms with E-state index >= 15 is 0 Å². The molecule has 0 atom stereocenters. The first kappa shape index (κ1) is 68.3. The summed E-state index contributed by atoms with van der Waals surface area (Å²) in [6.07, 6.45) is 0. The zero-order valence-corrected chi connectivity index (χ0v) is 37.8. The van der Waals surface area contributed by atoms with Crippen LogP contribution < -0.4 is 51.4 Å². The van der Waals surface area contributed by atoms with Gasteiger partial charge in [0.15, 0.2) is 0 Å². The van der Waals surface area contributed by atoms with E-state index in [0.717, 1.165) is 39.3 Å². The number of ether oxygens (including phenoxy) is 6. The number of fused-ring (bicyclic) bond motifs is 21. The Balaban J connectivity index is -0.000000129. The summed E-state index contributed by atoms with van der Waals surface area (Å²) >= 11 is 0. The first-order chi connectivity index (χ1) is 24.8. The largest absolute Gasteiger partial charge is 3.00 e. The summed E-state index contributed by atoms with van der Waals surface area (Å²) in [5.74, 6) is 0. The van der Waals surface area contributed by atoms with Crippen molar-refractivity contribution in [2.45, 2.75) is 6.92 Å². The van der Waals surface area contributed by atoms with Gasteiger partial charge in [-0.2, -0.15) is 54.6 Å². The van der Waals surface area contributed by atoms with E-state index in [9.17, 15) is 0 Å². The summed E-state index contributed by atoms with van der Waals surface area (Å²) in [6, 6.07) is 28.2. The van der Waals surface area contributed by atoms with Gasteiger partial charge >= 0.3 is 91.1 Å². The van der Waals surface area contributed by atoms with Gasteiger partial charge in [0.25, 0.3) is 0 Å². The standard InChI is InChI=1S/C18H36N2O6.C6H7.2C5H5.2CO.2Fe.K.Mn.2NO/c1-7-21-13-14-24-10-4-20-5-11-25-17-15-22-8-2-19(1)3-9-23-16-18-26-12-6-20;1-6-4-2-3-5-6;2*1-2-4-5-3-1;2*1-2;;;;;2*1-2/h1-18H2;2-5H,1H3;2*1-5H;;;;;;;;/q;3*-1;;;;+3;+1;;2*-1. The number of hydrogen-bond donors (Lipinski definition) is 0. The second-order valence-corrected chi connectivity index (χ2v) is 9.74. The molecule has 0 aliphatic carbocycles. The summed E-state index contributed by atoms with van der Waals surface area (Å²) < 4.78 is 49.2. The Morgan fingerprint density at radius 3 is 0.889 bits per heavy atom. The Morgan fingerprint density at radius 1 is 0.519 bits per heavy atom. The van der Waals surface area contributed by atoms with Gasteiger partial charge in [0.2, 0.25) is 0 Å². The fraction of sp³-hybridized carbons (Fsp3) is 0.528. The minimum atomic E-state index is 0. The number of hydrogen-bond acceptors (Lipinski definition) is 10. The predicted molar refractivity (Wildman–Crippen MR) is 190 cm³/mol. The Kier molecular flexibility index (Phi) is 81.6. The second-order valence-electron chi connectivity index (χ2n) is 9.74. The predicted octanol–water partition coefficient (Wildman–Crippen LogP) is 1.81. The van der Waals surface area contributed by atoms with Crippen molar-refractivity contribution in [1.29, 1.82) is 0 Å². The van der Waals surface area contributed by atoms with Gasteiger partial charge in [-0.15, -0.1) is 0 Å². The van der Waals surface area contributed by atoms with Crippen LogP contribution in [0.5, 0.6) is 0 Å². The minimum Gasteiger partial charge on any atom is -0.577 e. The van der Waals surface area contributed by atoms with Crippen LogP contribution in [0.2, 0.25) is 0 Å². The van der Waals surface area contributed by atoms with Crippen LogP contribution in [0.1, 0.15) is 5.56 Å². The molecule has 14 nitrogen and oxygen atoms in total. The minimum absolute atomic E-state index is 0. The van der Waals surface area contributed by atoms with Gasteiger partial charge in [-0.1, -0.05) is 6.92 Å². The fourth-order valence-electron chi connectivity index (χ4n) is 3.91. The monoisotopic (exact) mass is 907 g/mol. The maximum atomic E-state index is 7.50. The van der Waals surface area contributed by atoms with Crippen LogP contribution >= 0.6 is 0 Å². The molecule has 0 N–H and O–H groups in total. The third-order valence-electron chi connectivity index (χ3n) is 6.37. The molecule has 3 saturated heterocycles. The Hall–Kier alpha value is -0.395. The van der Waals surface area contributed by atoms with Crippen LogP contribution in [0.3, 0.4) is 0 Å². The Morgan fingerprint density at radius 2 is 0.759 bits per heavy atom. The molecule has 3 aromatic rings. The molecular weight excluding hydrogens is 854 g/mol. The summed E-state index contributed by atoms with van der Waals surface area (Å²) in [5.41, 5.74) is 12.8. The van der Waals surface area contributed by atoms with Crippen molar-refractivity contribution in [1.82, 2.24) is 9.80 Å². The van der Waals surface area contributed by atoms with Crippen molar-refractivity contribution in [2.24, 2.45) is 0 Å². The zero-order chi connectivity index (χ0) is 37.6. The van der Waals surface area contributed by atoms with Crippen molar-refractivity contribution < 1.29 is 140 Å². The molecule has 54 heavy (non-hydrogen) atoms. The quantitative estimate of drug-likeness (QED) is 0.184. The third-order valence-corrected chi connectivity index (χ3v) is 6.37. The molecule has 3 aliphatic heterocycles. The van der Waals surface area contributed by atoms with E-state index in [4.69, 9.17) is 58.7 Å². The SMILES string of the molecule is C1COCCN2CCOCCOCCN(CCO1)CCOCCOCC2.Cc1cc[cH-]c1.[C-]#[O+].[C-]#[O+].[Fe+3].[Fe].[K+].[Mn].[N-]=O.[N-]=O.c1cc[cH-]c1.c1cc[cH-]c1. The van der Waals surface area contributed by atoms with E-state index in [-0.39, 0.29) is 103 Å². The molecule has 0 amide bonds. The number of nitroso groups, excluding NO2 is 2. The van der Waals surface area contributed by atoms with E-state index in [1.54, 1.807) is 0 Å². The molecule has 0 spiro atoms. The molecule has 302 valence electrons. The van der Waals surface area contributed by atoms with Crippen molar-refractivity contribution in [3.8, 4) is 0 Å². The summed E-state index contributed by atoms with van der Waals surface area (Å²) in [4.78, 5) is 19.1. The fourth-order valence-corrected chi connectivity index (χ4v) is 3.91. The molecule has 0 aromatic heterocycles. The molecule has 3 heterocycles. The summed E-state index contributed by atoms with van der Waals surface area (Å²) in [6.45, 7) is 24.3. The van der Waals surface area contributed by atoms with Crippen LogP contribution in [0.15, 0.2) is 84.9 Å². The normalized spacial score (nSPS) is 17.4. The van der Waals surface area contributed by atoms with E-state index in [1.165, 1.54) is 5.56 Å². The molecule has 6 rings (SSSR count). The van der Waals surface area contributed by atoms with Crippen LogP contribution in [0.25, 0.3) is 11.2 Å². The molecule has 18 heteroatoms. The number of rotatable bonds is 0. The van der Waals surface area contributed by atoms with Crippen LogP contribution in [0, 0.1) is 30.0 Å². The van der Waals surface area contributed by atoms with Crippen molar-refractivity contribution >= 4 is 0 Å². The van der Waals surface area contributed by atoms with E-state index in [0.29, 0.717) is 79.3 Å². The zero-order valence-electron chi connectivity index (χ0n) is 31.3. The van der Waals surface area contributed by atoms with Gasteiger partial charge in [0, 0.05) is 73.4 Å². The van der Waals surface area contributed by atoms with Crippen molar-refractivity contribution in [3.63, 3.8) is 0 Å². The average Bonchev–Trinajstić information content (AvgIpc) is 4.02. The average molecular weight is 908 g/mol. The van der Waals surface area contributed by atoms with Crippen LogP contribution in [-0.4, -0.2) is 128 Å². The molecule has 3 aromatic carbocycles. The molecular formula is C36H53Fe2KMnN4O10-. The van der Waals surface area contributed by atoms with E-state index in [1.807, 2.05) is 72.8 Å². The molecule has 0 saturated carbocycles. The van der Waals surface area contributed by atoms with Gasteiger partial charge in [-0.05, 0) is 0 Å². The van der Waals surface area contributed by atoms with Crippen molar-refractivity contribution in [3.05, 3.63) is 125 Å². The van der Waals surface area contributed by atoms with Gasteiger partial charge in [0.1, 0.15) is 0 Å². The smallest absolute Gasteiger partial charge is 0.577 e. The summed E-state index contributed by atoms with van der Waals surface area (Å²) in [5, 5.41) is 0. The maximum absolute atomic E-state index is 7.50. The molecule has 2 bridgehead atoms. The van der Waals surface area contributed by atoms with Crippen LogP contribution in [-0.2, 0) is 88.9 Å². The number of aryl methyl sites for hydroxylation is 1. The Labute approximate surface area is 396 Å². The van der Waals surface area contributed by atoms with Gasteiger partial charge in [0.05, 0.1) is 79.3 Å². The van der Waals surface area contributed by atoms with Crippen molar-refractivity contribution in [2.75, 3.05) is 119 Å². The molecule has 0 unspecified atom stereocenters. The molecule has 2 radical (unpaired) electrons. The first-order valence-corrected chi connectivity index (χ1v) is 16.0. The second kappa shape index (κ2) is 64.5. The topological polar surface area (TPSA) is 180 Å². The van der Waals surface area contributed by atoms with Gasteiger partial charge in [-0.3, -0.25) is 9.80 Å². The van der Waals surface area contributed by atoms with Gasteiger partial charge in [-0.25, -0.2) is 35.9 Å². The van der Waals surface area contributed by atoms with Crippen LogP contribution in [0.4, 0.5) is 0 Å². The van der Waals surface area contributed by atoms with E-state index in [2.05, 4.69) is 42.2 Å². The third kappa shape index (κ3) is 53.7. The first-order valence-electron chi connectivity index (χ1n) is 16.0. The maximum Gasteiger partial charge on any atom is 3.00 e. The number of nitrogens with zero attached hydrogens (tertiary/aromatic N) is 4. The Bertz CT molecular complexity index is 870. The summed E-state index contributed by atoms with van der Waals surface area (Å²) in [7, 11) is 0. The molecule has 3 aliphatic rings. The van der Waals surface area contributed by atoms with Gasteiger partial charge < -0.3 is 49.4 Å².